The van der Waals surface area contributed by atoms with Gasteiger partial charge in [0.05, 0.1) is 23.6 Å². The Morgan fingerprint density at radius 1 is 1.12 bits per heavy atom. The first-order valence-corrected chi connectivity index (χ1v) is 9.25. The number of aryl methyl sites for hydroxylation is 1. The van der Waals surface area contributed by atoms with Crippen molar-refractivity contribution < 1.29 is 8.42 Å². The summed E-state index contributed by atoms with van der Waals surface area (Å²) < 4.78 is 28.4. The molecule has 0 radical (unpaired) electrons. The fourth-order valence-electron chi connectivity index (χ4n) is 2.32. The zero-order valence-electron chi connectivity index (χ0n) is 13.7. The molecule has 128 valence electrons. The average Bonchev–Trinajstić information content (AvgIpc) is 3.01. The summed E-state index contributed by atoms with van der Waals surface area (Å²) in [6, 6.07) is 16.7. The Hall–Kier alpha value is -2.77. The van der Waals surface area contributed by atoms with Gasteiger partial charge in [0.25, 0.3) is 0 Å². The molecule has 2 heterocycles. The van der Waals surface area contributed by atoms with E-state index in [2.05, 4.69) is 14.8 Å². The maximum atomic E-state index is 12.1. The molecule has 25 heavy (non-hydrogen) atoms. The number of aromatic nitrogens is 3. The minimum Gasteiger partial charge on any atom is -0.266 e. The zero-order valence-corrected chi connectivity index (χ0v) is 14.5. The lowest BCUT2D eigenvalue weighted by atomic mass is 10.2. The van der Waals surface area contributed by atoms with Gasteiger partial charge < -0.3 is 0 Å². The molecule has 7 heteroatoms. The van der Waals surface area contributed by atoms with Crippen LogP contribution >= 0.6 is 0 Å². The lowest BCUT2D eigenvalue weighted by Crippen LogP contribution is -2.20. The van der Waals surface area contributed by atoms with E-state index in [0.717, 1.165) is 22.4 Å². The van der Waals surface area contributed by atoms with Crippen LogP contribution in [0.2, 0.25) is 0 Å². The summed E-state index contributed by atoms with van der Waals surface area (Å²) in [4.78, 5) is 4.28. The van der Waals surface area contributed by atoms with E-state index in [1.165, 1.54) is 0 Å². The highest BCUT2D eigenvalue weighted by atomic mass is 32.2. The summed E-state index contributed by atoms with van der Waals surface area (Å²) in [6.07, 6.45) is 3.26. The molecule has 0 aliphatic heterocycles. The van der Waals surface area contributed by atoms with Crippen molar-refractivity contribution in [3.63, 3.8) is 0 Å². The number of pyridine rings is 1. The van der Waals surface area contributed by atoms with Crippen LogP contribution in [0.25, 0.3) is 17.5 Å². The molecule has 0 spiro atoms. The van der Waals surface area contributed by atoms with Crippen LogP contribution in [0.1, 0.15) is 11.3 Å². The second kappa shape index (κ2) is 7.42. The molecule has 0 atom stereocenters. The fourth-order valence-corrected chi connectivity index (χ4v) is 3.10. The number of sulfonamides is 1. The van der Waals surface area contributed by atoms with E-state index in [1.807, 2.05) is 54.6 Å². The standard InChI is InChI=1S/C18H18N4O2S/c1-22-18(17-9-5-6-11-19-17)13-16(21-22)14-20-25(23,24)12-10-15-7-3-2-4-8-15/h2-13,20H,14H2,1H3. The van der Waals surface area contributed by atoms with Gasteiger partial charge in [0, 0.05) is 18.7 Å². The first-order chi connectivity index (χ1) is 12.0. The lowest BCUT2D eigenvalue weighted by molar-refractivity contribution is 0.589. The predicted octanol–water partition coefficient (Wildman–Crippen LogP) is 2.57. The number of hydrogen-bond donors (Lipinski definition) is 1. The Morgan fingerprint density at radius 3 is 2.60 bits per heavy atom. The first kappa shape index (κ1) is 17.1. The normalized spacial score (nSPS) is 11.9. The highest BCUT2D eigenvalue weighted by molar-refractivity contribution is 7.92. The van der Waals surface area contributed by atoms with Crippen molar-refractivity contribution >= 4 is 16.1 Å². The van der Waals surface area contributed by atoms with E-state index in [-0.39, 0.29) is 6.54 Å². The van der Waals surface area contributed by atoms with Gasteiger partial charge in [0.15, 0.2) is 0 Å². The van der Waals surface area contributed by atoms with Crippen LogP contribution in [0.5, 0.6) is 0 Å². The van der Waals surface area contributed by atoms with Crippen LogP contribution in [0.4, 0.5) is 0 Å². The molecule has 0 aliphatic rings. The van der Waals surface area contributed by atoms with E-state index in [9.17, 15) is 8.42 Å². The van der Waals surface area contributed by atoms with Gasteiger partial charge in [-0.25, -0.2) is 13.1 Å². The molecule has 0 fully saturated rings. The third kappa shape index (κ3) is 4.62. The first-order valence-electron chi connectivity index (χ1n) is 7.71. The molecule has 0 bridgehead atoms. The molecular formula is C18H18N4O2S. The summed E-state index contributed by atoms with van der Waals surface area (Å²) in [5.41, 5.74) is 3.06. The van der Waals surface area contributed by atoms with Gasteiger partial charge >= 0.3 is 0 Å². The van der Waals surface area contributed by atoms with Gasteiger partial charge in [-0.1, -0.05) is 36.4 Å². The number of nitrogens with zero attached hydrogens (tertiary/aromatic N) is 3. The van der Waals surface area contributed by atoms with Crippen LogP contribution in [-0.4, -0.2) is 23.2 Å². The summed E-state index contributed by atoms with van der Waals surface area (Å²) >= 11 is 0. The molecule has 0 saturated heterocycles. The van der Waals surface area contributed by atoms with Crippen LogP contribution in [0.3, 0.4) is 0 Å². The topological polar surface area (TPSA) is 76.9 Å². The van der Waals surface area contributed by atoms with Crippen LogP contribution in [0.15, 0.2) is 66.2 Å². The van der Waals surface area contributed by atoms with Gasteiger partial charge in [-0.2, -0.15) is 5.10 Å². The molecule has 2 aromatic heterocycles. The largest absolute Gasteiger partial charge is 0.266 e. The quantitative estimate of drug-likeness (QED) is 0.738. The number of hydrogen-bond acceptors (Lipinski definition) is 4. The minimum absolute atomic E-state index is 0.113. The SMILES string of the molecule is Cn1nc(CNS(=O)(=O)C=Cc2ccccc2)cc1-c1ccccn1. The Kier molecular flexibility index (Phi) is 5.06. The van der Waals surface area contributed by atoms with Gasteiger partial charge in [-0.15, -0.1) is 0 Å². The van der Waals surface area contributed by atoms with Crippen LogP contribution in [-0.2, 0) is 23.6 Å². The summed E-state index contributed by atoms with van der Waals surface area (Å²) in [5, 5.41) is 5.49. The third-order valence-corrected chi connectivity index (χ3v) is 4.59. The number of nitrogens with one attached hydrogen (secondary N) is 1. The van der Waals surface area contributed by atoms with Gasteiger partial charge in [-0.05, 0) is 29.8 Å². The Balaban J connectivity index is 1.68. The molecular weight excluding hydrogens is 336 g/mol. The van der Waals surface area contributed by atoms with Crippen molar-refractivity contribution in [1.29, 1.82) is 0 Å². The second-order valence-electron chi connectivity index (χ2n) is 5.44. The van der Waals surface area contributed by atoms with Crippen LogP contribution < -0.4 is 4.72 Å². The minimum atomic E-state index is -3.54. The van der Waals surface area contributed by atoms with E-state index in [1.54, 1.807) is 24.0 Å². The highest BCUT2D eigenvalue weighted by Gasteiger charge is 2.11. The smallest absolute Gasteiger partial charge is 0.234 e. The Labute approximate surface area is 146 Å². The fraction of sp³-hybridized carbons (Fsp3) is 0.111. The molecule has 3 rings (SSSR count). The maximum Gasteiger partial charge on any atom is 0.234 e. The maximum absolute atomic E-state index is 12.1. The third-order valence-electron chi connectivity index (χ3n) is 3.55. The zero-order chi connectivity index (χ0) is 17.7. The summed E-state index contributed by atoms with van der Waals surface area (Å²) in [6.45, 7) is 0.113. The van der Waals surface area contributed by atoms with Crippen molar-refractivity contribution in [1.82, 2.24) is 19.5 Å². The van der Waals surface area contributed by atoms with Crippen molar-refractivity contribution in [3.8, 4) is 11.4 Å². The Bertz CT molecular complexity index is 965. The predicted molar refractivity (Wildman–Crippen MR) is 97.7 cm³/mol. The van der Waals surface area contributed by atoms with E-state index >= 15 is 0 Å². The molecule has 6 nitrogen and oxygen atoms in total. The number of rotatable bonds is 6. The van der Waals surface area contributed by atoms with Gasteiger partial charge in [0.1, 0.15) is 0 Å². The molecule has 0 unspecified atom stereocenters. The monoisotopic (exact) mass is 354 g/mol. The molecule has 1 N–H and O–H groups in total. The van der Waals surface area contributed by atoms with Crippen molar-refractivity contribution in [2.45, 2.75) is 6.54 Å². The van der Waals surface area contributed by atoms with Gasteiger partial charge in [0.2, 0.25) is 10.0 Å². The van der Waals surface area contributed by atoms with Crippen molar-refractivity contribution in [2.24, 2.45) is 7.05 Å². The lowest BCUT2D eigenvalue weighted by Gasteiger charge is -2.00. The van der Waals surface area contributed by atoms with E-state index in [4.69, 9.17) is 0 Å². The van der Waals surface area contributed by atoms with E-state index < -0.39 is 10.0 Å². The molecule has 0 aliphatic carbocycles. The molecule has 3 aromatic rings. The van der Waals surface area contributed by atoms with Crippen LogP contribution in [0, 0.1) is 0 Å². The second-order valence-corrected chi connectivity index (χ2v) is 7.09. The average molecular weight is 354 g/mol. The van der Waals surface area contributed by atoms with E-state index in [0.29, 0.717) is 5.69 Å². The summed E-state index contributed by atoms with van der Waals surface area (Å²) in [7, 11) is -1.74. The molecule has 0 saturated carbocycles. The molecule has 0 amide bonds. The number of benzene rings is 1. The van der Waals surface area contributed by atoms with Gasteiger partial charge in [-0.3, -0.25) is 9.67 Å². The molecule has 1 aromatic carbocycles. The van der Waals surface area contributed by atoms with Crippen molar-refractivity contribution in [2.75, 3.05) is 0 Å². The van der Waals surface area contributed by atoms with Crippen molar-refractivity contribution in [3.05, 3.63) is 77.5 Å². The Morgan fingerprint density at radius 2 is 1.88 bits per heavy atom. The summed E-state index contributed by atoms with van der Waals surface area (Å²) in [5.74, 6) is 0. The highest BCUT2D eigenvalue weighted by Crippen LogP contribution is 2.17.